The van der Waals surface area contributed by atoms with Crippen molar-refractivity contribution in [2.75, 3.05) is 13.1 Å². The van der Waals surface area contributed by atoms with E-state index >= 15 is 0 Å². The number of hydrogen-bond donors (Lipinski definition) is 1. The maximum absolute atomic E-state index is 12.7. The summed E-state index contributed by atoms with van der Waals surface area (Å²) in [5.74, 6) is -0.222. The molecule has 0 aromatic heterocycles. The first-order valence-corrected chi connectivity index (χ1v) is 9.67. The number of carbonyl (C=O) groups is 1. The fourth-order valence-electron chi connectivity index (χ4n) is 2.74. The van der Waals surface area contributed by atoms with Crippen LogP contribution in [0.4, 0.5) is 0 Å². The van der Waals surface area contributed by atoms with Gasteiger partial charge in [0.2, 0.25) is 15.9 Å². The van der Waals surface area contributed by atoms with Gasteiger partial charge in [-0.3, -0.25) is 4.79 Å². The summed E-state index contributed by atoms with van der Waals surface area (Å²) in [6, 6.07) is 5.93. The summed E-state index contributed by atoms with van der Waals surface area (Å²) >= 11 is 0. The lowest BCUT2D eigenvalue weighted by atomic mass is 10.0. The number of aryl methyl sites for hydroxylation is 1. The Morgan fingerprint density at radius 2 is 1.65 bits per heavy atom. The van der Waals surface area contributed by atoms with Gasteiger partial charge in [-0.2, -0.15) is 4.72 Å². The van der Waals surface area contributed by atoms with Crippen molar-refractivity contribution in [3.63, 3.8) is 0 Å². The lowest BCUT2D eigenvalue weighted by Crippen LogP contribution is -2.52. The van der Waals surface area contributed by atoms with E-state index in [1.807, 2.05) is 20.8 Å². The van der Waals surface area contributed by atoms with E-state index in [0.29, 0.717) is 13.1 Å². The van der Waals surface area contributed by atoms with Gasteiger partial charge in [0.05, 0.1) is 4.90 Å². The number of nitrogens with zero attached hydrogens (tertiary/aromatic N) is 1. The van der Waals surface area contributed by atoms with E-state index in [2.05, 4.69) is 4.72 Å². The van der Waals surface area contributed by atoms with Crippen molar-refractivity contribution in [2.45, 2.75) is 51.0 Å². The van der Waals surface area contributed by atoms with Gasteiger partial charge in [0.15, 0.2) is 0 Å². The van der Waals surface area contributed by atoms with Crippen molar-refractivity contribution in [1.82, 2.24) is 9.62 Å². The molecule has 1 heterocycles. The Labute approximate surface area is 139 Å². The molecule has 23 heavy (non-hydrogen) atoms. The van der Waals surface area contributed by atoms with Crippen LogP contribution in [0.15, 0.2) is 29.2 Å². The smallest absolute Gasteiger partial charge is 0.241 e. The standard InChI is InChI=1S/C17H26N2O3S/c1-13(2)16(17(20)19-11-5-4-6-12-19)18-23(21,22)15-9-7-14(3)8-10-15/h7-10,13,16,18H,4-6,11-12H2,1-3H3. The van der Waals surface area contributed by atoms with Crippen molar-refractivity contribution in [3.8, 4) is 0 Å². The minimum Gasteiger partial charge on any atom is -0.341 e. The highest BCUT2D eigenvalue weighted by molar-refractivity contribution is 7.89. The third-order valence-corrected chi connectivity index (χ3v) is 5.67. The first kappa shape index (κ1) is 17.9. The highest BCUT2D eigenvalue weighted by Crippen LogP contribution is 2.17. The minimum atomic E-state index is -3.70. The lowest BCUT2D eigenvalue weighted by Gasteiger charge is -2.32. The molecule has 5 nitrogen and oxygen atoms in total. The van der Waals surface area contributed by atoms with Gasteiger partial charge in [0.1, 0.15) is 6.04 Å². The van der Waals surface area contributed by atoms with Gasteiger partial charge in [-0.25, -0.2) is 8.42 Å². The van der Waals surface area contributed by atoms with Crippen molar-refractivity contribution in [2.24, 2.45) is 5.92 Å². The predicted molar refractivity (Wildman–Crippen MR) is 90.6 cm³/mol. The van der Waals surface area contributed by atoms with Crippen LogP contribution in [0.2, 0.25) is 0 Å². The molecule has 1 aromatic carbocycles. The molecule has 128 valence electrons. The fourth-order valence-corrected chi connectivity index (χ4v) is 4.07. The number of benzene rings is 1. The molecular formula is C17H26N2O3S. The third-order valence-electron chi connectivity index (χ3n) is 4.21. The van der Waals surface area contributed by atoms with Gasteiger partial charge < -0.3 is 4.90 Å². The molecule has 1 fully saturated rings. The number of piperidine rings is 1. The highest BCUT2D eigenvalue weighted by atomic mass is 32.2. The van der Waals surface area contributed by atoms with Crippen LogP contribution < -0.4 is 4.72 Å². The van der Waals surface area contributed by atoms with Crippen molar-refractivity contribution in [3.05, 3.63) is 29.8 Å². The van der Waals surface area contributed by atoms with E-state index in [9.17, 15) is 13.2 Å². The van der Waals surface area contributed by atoms with Crippen LogP contribution in [-0.2, 0) is 14.8 Å². The maximum atomic E-state index is 12.7. The van der Waals surface area contributed by atoms with E-state index < -0.39 is 16.1 Å². The van der Waals surface area contributed by atoms with E-state index in [1.165, 1.54) is 0 Å². The quantitative estimate of drug-likeness (QED) is 0.896. The van der Waals surface area contributed by atoms with E-state index in [1.54, 1.807) is 29.2 Å². The number of carbonyl (C=O) groups excluding carboxylic acids is 1. The summed E-state index contributed by atoms with van der Waals surface area (Å²) in [7, 11) is -3.70. The molecule has 1 aliphatic heterocycles. The fraction of sp³-hybridized carbons (Fsp3) is 0.588. The monoisotopic (exact) mass is 338 g/mol. The molecule has 0 aliphatic carbocycles. The summed E-state index contributed by atoms with van der Waals surface area (Å²) < 4.78 is 27.7. The number of rotatable bonds is 5. The van der Waals surface area contributed by atoms with Gasteiger partial charge in [-0.1, -0.05) is 31.5 Å². The molecule has 2 rings (SSSR count). The average Bonchev–Trinajstić information content (AvgIpc) is 2.53. The summed E-state index contributed by atoms with van der Waals surface area (Å²) in [6.07, 6.45) is 3.10. The topological polar surface area (TPSA) is 66.5 Å². The Kier molecular flexibility index (Phi) is 5.81. The molecule has 1 unspecified atom stereocenters. The molecule has 1 aromatic rings. The zero-order valence-corrected chi connectivity index (χ0v) is 14.9. The SMILES string of the molecule is Cc1ccc(S(=O)(=O)NC(C(=O)N2CCCCC2)C(C)C)cc1. The second kappa shape index (κ2) is 7.45. The molecule has 0 saturated carbocycles. The number of amides is 1. The van der Waals surface area contributed by atoms with Crippen LogP contribution in [-0.4, -0.2) is 38.4 Å². The van der Waals surface area contributed by atoms with Crippen LogP contribution in [0, 0.1) is 12.8 Å². The second-order valence-electron chi connectivity index (χ2n) is 6.54. The number of likely N-dealkylation sites (tertiary alicyclic amines) is 1. The van der Waals surface area contributed by atoms with Crippen molar-refractivity contribution in [1.29, 1.82) is 0 Å². The first-order valence-electron chi connectivity index (χ1n) is 8.19. The maximum Gasteiger partial charge on any atom is 0.241 e. The lowest BCUT2D eigenvalue weighted by molar-refractivity contribution is -0.134. The van der Waals surface area contributed by atoms with Gasteiger partial charge >= 0.3 is 0 Å². The molecule has 0 radical (unpaired) electrons. The van der Waals surface area contributed by atoms with Crippen LogP contribution in [0.3, 0.4) is 0 Å². The Morgan fingerprint density at radius 1 is 1.09 bits per heavy atom. The molecule has 1 saturated heterocycles. The molecule has 0 bridgehead atoms. The largest absolute Gasteiger partial charge is 0.341 e. The van der Waals surface area contributed by atoms with Gasteiger partial charge in [-0.05, 0) is 44.2 Å². The molecule has 1 aliphatic rings. The average molecular weight is 338 g/mol. The number of nitrogens with one attached hydrogen (secondary N) is 1. The molecule has 6 heteroatoms. The Hall–Kier alpha value is -1.40. The molecule has 1 N–H and O–H groups in total. The van der Waals surface area contributed by atoms with Gasteiger partial charge in [0.25, 0.3) is 0 Å². The zero-order chi connectivity index (χ0) is 17.0. The van der Waals surface area contributed by atoms with E-state index in [0.717, 1.165) is 24.8 Å². The Morgan fingerprint density at radius 3 is 2.17 bits per heavy atom. The van der Waals surface area contributed by atoms with E-state index in [4.69, 9.17) is 0 Å². The third kappa shape index (κ3) is 4.54. The van der Waals surface area contributed by atoms with E-state index in [-0.39, 0.29) is 16.7 Å². The Balaban J connectivity index is 2.17. The molecule has 1 atom stereocenters. The molecule has 1 amide bonds. The van der Waals surface area contributed by atoms with Crippen LogP contribution in [0.25, 0.3) is 0 Å². The Bertz CT molecular complexity index is 632. The summed E-state index contributed by atoms with van der Waals surface area (Å²) in [6.45, 7) is 7.07. The van der Waals surface area contributed by atoms with Crippen LogP contribution in [0.1, 0.15) is 38.7 Å². The van der Waals surface area contributed by atoms with Crippen molar-refractivity contribution >= 4 is 15.9 Å². The minimum absolute atomic E-state index is 0.107. The molecular weight excluding hydrogens is 312 g/mol. The van der Waals surface area contributed by atoms with Crippen molar-refractivity contribution < 1.29 is 13.2 Å². The number of hydrogen-bond acceptors (Lipinski definition) is 3. The summed E-state index contributed by atoms with van der Waals surface area (Å²) in [5.41, 5.74) is 0.994. The summed E-state index contributed by atoms with van der Waals surface area (Å²) in [4.78, 5) is 14.7. The second-order valence-corrected chi connectivity index (χ2v) is 8.26. The van der Waals surface area contributed by atoms with Crippen LogP contribution in [0.5, 0.6) is 0 Å². The number of sulfonamides is 1. The summed E-state index contributed by atoms with van der Waals surface area (Å²) in [5, 5.41) is 0. The predicted octanol–water partition coefficient (Wildman–Crippen LogP) is 2.31. The highest BCUT2D eigenvalue weighted by Gasteiger charge is 2.32. The first-order chi connectivity index (χ1) is 10.8. The van der Waals surface area contributed by atoms with Gasteiger partial charge in [0, 0.05) is 13.1 Å². The van der Waals surface area contributed by atoms with Gasteiger partial charge in [-0.15, -0.1) is 0 Å². The normalized spacial score (nSPS) is 17.3. The molecule has 0 spiro atoms. The van der Waals surface area contributed by atoms with Crippen LogP contribution >= 0.6 is 0 Å². The zero-order valence-electron chi connectivity index (χ0n) is 14.1.